The van der Waals surface area contributed by atoms with Crippen LogP contribution >= 0.6 is 0 Å². The maximum absolute atomic E-state index is 15.2. The maximum atomic E-state index is 15.2. The molecule has 87 heavy (non-hydrogen) atoms. The summed E-state index contributed by atoms with van der Waals surface area (Å²) in [5, 5.41) is 0. The third kappa shape index (κ3) is 10.2. The fraction of sp³-hybridized carbons (Fsp3) is 0.442. The average molecular weight is 1350 g/mol. The molecule has 4 nitrogen and oxygen atoms in total. The first-order valence-electron chi connectivity index (χ1n) is 21.1. The number of nitrogen functional groups attached to an aromatic ring is 2. The molecule has 4 N–H and O–H groups in total. The van der Waals surface area contributed by atoms with Crippen LogP contribution in [0.5, 0.6) is 23.0 Å². The van der Waals surface area contributed by atoms with Crippen LogP contribution in [-0.2, 0) is 17.3 Å². The van der Waals surface area contributed by atoms with E-state index in [0.29, 0.717) is 0 Å². The Kier molecular flexibility index (Phi) is 17.3. The Morgan fingerprint density at radius 1 is 0.218 bits per heavy atom. The average Bonchev–Trinajstić information content (AvgIpc) is 0.713. The van der Waals surface area contributed by atoms with Crippen molar-refractivity contribution in [2.45, 2.75) is 113 Å². The number of hydrogen-bond acceptors (Lipinski definition) is 4. The predicted molar refractivity (Wildman–Crippen MR) is 207 cm³/mol. The molecule has 492 valence electrons. The van der Waals surface area contributed by atoms with Crippen LogP contribution in [0.25, 0.3) is 0 Å². The van der Waals surface area contributed by atoms with Crippen molar-refractivity contribution in [1.29, 1.82) is 0 Å². The molecule has 0 radical (unpaired) electrons. The number of nitrogens with two attached hydrogens (primary N) is 2. The highest BCUT2D eigenvalue weighted by atomic mass is 19.5. The Bertz CT molecular complexity index is 2920. The van der Waals surface area contributed by atoms with E-state index in [2.05, 4.69) is 0 Å². The van der Waals surface area contributed by atoms with Gasteiger partial charge in [0.25, 0.3) is 0 Å². The molecular weight excluding hydrogens is 1340 g/mol. The van der Waals surface area contributed by atoms with Gasteiger partial charge in [-0.25, -0.2) is 0 Å². The van der Waals surface area contributed by atoms with Crippen LogP contribution in [0.3, 0.4) is 0 Å². The fourth-order valence-electron chi connectivity index (χ4n) is 7.21. The van der Waals surface area contributed by atoms with Crippen LogP contribution in [0.1, 0.15) is 22.3 Å². The molecule has 0 aliphatic heterocycles. The molecule has 0 spiro atoms. The molecule has 4 rings (SSSR count). The highest BCUT2D eigenvalue weighted by molar-refractivity contribution is 5.56. The lowest BCUT2D eigenvalue weighted by molar-refractivity contribution is -0.462. The van der Waals surface area contributed by atoms with Crippen molar-refractivity contribution in [3.8, 4) is 23.0 Å². The Hall–Kier alpha value is -6.72. The number of rotatable bonds is 20. The van der Waals surface area contributed by atoms with Crippen molar-refractivity contribution in [3.63, 3.8) is 0 Å². The summed E-state index contributed by atoms with van der Waals surface area (Å²) in [7, 11) is 0. The predicted octanol–water partition coefficient (Wildman–Crippen LogP) is 18.8. The van der Waals surface area contributed by atoms with E-state index in [9.17, 15) is 158 Å². The number of halogens is 40. The van der Waals surface area contributed by atoms with E-state index >= 15 is 17.6 Å². The van der Waals surface area contributed by atoms with Crippen molar-refractivity contribution in [1.82, 2.24) is 0 Å². The van der Waals surface area contributed by atoms with Gasteiger partial charge < -0.3 is 20.9 Å². The lowest BCUT2D eigenvalue weighted by Gasteiger charge is -2.43. The van der Waals surface area contributed by atoms with Crippen LogP contribution in [0, 0.1) is 0 Å². The van der Waals surface area contributed by atoms with E-state index < -0.39 is 182 Å². The Balaban J connectivity index is 1.74. The van der Waals surface area contributed by atoms with Crippen molar-refractivity contribution in [2.24, 2.45) is 0 Å². The minimum Gasteiger partial charge on any atom is -0.457 e. The molecule has 0 atom stereocenters. The van der Waals surface area contributed by atoms with Crippen molar-refractivity contribution in [3.05, 3.63) is 107 Å². The lowest BCUT2D eigenvalue weighted by Crippen LogP contribution is -2.74. The smallest absolute Gasteiger partial charge is 0.457 e. The van der Waals surface area contributed by atoms with Gasteiger partial charge in [-0.15, -0.1) is 0 Å². The normalized spacial score (nSPS) is 15.4. The zero-order chi connectivity index (χ0) is 68.6. The molecule has 0 heterocycles. The molecule has 0 saturated heterocycles. The van der Waals surface area contributed by atoms with E-state index in [-0.39, 0.29) is 72.8 Å². The van der Waals surface area contributed by atoms with Crippen LogP contribution < -0.4 is 20.9 Å². The lowest BCUT2D eigenvalue weighted by atomic mass is 9.73. The van der Waals surface area contributed by atoms with Gasteiger partial charge in [0.1, 0.15) is 23.0 Å². The maximum Gasteiger partial charge on any atom is 0.460 e. The number of alkyl halides is 40. The van der Waals surface area contributed by atoms with Gasteiger partial charge in [-0.3, -0.25) is 0 Å². The number of hydrogen-bond donors (Lipinski definition) is 2. The molecule has 4 aromatic carbocycles. The largest absolute Gasteiger partial charge is 0.460 e. The van der Waals surface area contributed by atoms with Crippen LogP contribution in [-0.4, -0.2) is 95.8 Å². The molecule has 0 fully saturated rings. The summed E-state index contributed by atoms with van der Waals surface area (Å²) in [6.07, 6.45) is -29.6. The highest BCUT2D eigenvalue weighted by Gasteiger charge is 2.97. The third-order valence-electron chi connectivity index (χ3n) is 12.1. The first kappa shape index (κ1) is 72.8. The van der Waals surface area contributed by atoms with Gasteiger partial charge in [0.2, 0.25) is 5.41 Å². The Morgan fingerprint density at radius 2 is 0.414 bits per heavy atom. The second-order valence-corrected chi connectivity index (χ2v) is 17.5. The van der Waals surface area contributed by atoms with Gasteiger partial charge in [0, 0.05) is 11.4 Å². The van der Waals surface area contributed by atoms with E-state index in [0.717, 1.165) is 0 Å². The molecule has 4 aromatic rings. The Labute approximate surface area is 451 Å². The zero-order valence-corrected chi connectivity index (χ0v) is 39.7. The highest BCUT2D eigenvalue weighted by Crippen LogP contribution is 2.68. The number of benzene rings is 4. The second kappa shape index (κ2) is 20.7. The molecule has 0 aliphatic rings. The molecular formula is C43H18F40N2O2. The summed E-state index contributed by atoms with van der Waals surface area (Å²) >= 11 is 0. The zero-order valence-electron chi connectivity index (χ0n) is 39.7. The summed E-state index contributed by atoms with van der Waals surface area (Å²) in [4.78, 5) is 0. The third-order valence-corrected chi connectivity index (χ3v) is 12.1. The van der Waals surface area contributed by atoms with Crippen molar-refractivity contribution >= 4 is 11.4 Å². The summed E-state index contributed by atoms with van der Waals surface area (Å²) in [5.41, 5.74) is -9.90. The fourth-order valence-corrected chi connectivity index (χ4v) is 7.21. The molecule has 44 heteroatoms. The van der Waals surface area contributed by atoms with E-state index in [1.807, 2.05) is 0 Å². The van der Waals surface area contributed by atoms with Crippen molar-refractivity contribution in [2.75, 3.05) is 11.5 Å². The van der Waals surface area contributed by atoms with Gasteiger partial charge in [-0.2, -0.15) is 176 Å². The van der Waals surface area contributed by atoms with E-state index in [1.165, 1.54) is 0 Å². The summed E-state index contributed by atoms with van der Waals surface area (Å²) in [6.45, 7) is 0. The minimum atomic E-state index is -9.05. The monoisotopic (exact) mass is 1350 g/mol. The summed E-state index contributed by atoms with van der Waals surface area (Å²) in [6, 6.07) is -2.93. The first-order chi connectivity index (χ1) is 38.1. The SMILES string of the molecule is Nc1ccc(Oc2ccc(C(c3ccc(Oc4ccc(N)c(C(F)(F)C(F)(F)C(F)(F)C(F)(F)C(F)(F)C(F)(F)C(F)(F)C(F)(F)F)c4)cc3)(C(F)(F)F)C(F)(F)F)cc2)cc1C(F)(F)C(F)(F)C(F)(F)C(F)(F)C(F)(F)C(F)(F)C(F)(F)C(F)(F)F. The molecule has 0 aromatic heterocycles. The van der Waals surface area contributed by atoms with Gasteiger partial charge in [-0.05, 0) is 71.8 Å². The van der Waals surface area contributed by atoms with Gasteiger partial charge >= 0.3 is 108 Å². The van der Waals surface area contributed by atoms with Crippen LogP contribution in [0.15, 0.2) is 84.9 Å². The molecule has 0 unspecified atom stereocenters. The van der Waals surface area contributed by atoms with Gasteiger partial charge in [0.15, 0.2) is 0 Å². The molecule has 0 amide bonds. The second-order valence-electron chi connectivity index (χ2n) is 17.5. The molecule has 0 saturated carbocycles. The van der Waals surface area contributed by atoms with Crippen molar-refractivity contribution < 1.29 is 185 Å². The topological polar surface area (TPSA) is 70.5 Å². The van der Waals surface area contributed by atoms with E-state index in [4.69, 9.17) is 20.9 Å². The quantitative estimate of drug-likeness (QED) is 0.0683. The van der Waals surface area contributed by atoms with Gasteiger partial charge in [0.05, 0.1) is 11.1 Å². The minimum absolute atomic E-state index is 0.0439. The summed E-state index contributed by atoms with van der Waals surface area (Å²) < 4.78 is 572. The van der Waals surface area contributed by atoms with Crippen LogP contribution in [0.4, 0.5) is 187 Å². The van der Waals surface area contributed by atoms with Gasteiger partial charge in [-0.1, -0.05) is 24.3 Å². The first-order valence-corrected chi connectivity index (χ1v) is 21.1. The molecule has 0 bridgehead atoms. The summed E-state index contributed by atoms with van der Waals surface area (Å²) in [5.74, 6) is -126. The Morgan fingerprint density at radius 3 is 0.621 bits per heavy atom. The number of ether oxygens (including phenoxy) is 2. The standard InChI is InChI=1S/C43H18F40N2O2/c44-26(45,28(48,49)30(52,53)32(56,57)34(60,61)36(64,65)38(68,69)42(78,79)80)21-13-19(9-11-23(21)84)86-17-5-1-15(2-6-17)25(40(72,73)74,41(75,76)77)16-3-7-18(8-4-16)87-20-10-12-24(85)22(14-20)27(46,47)29(50,51)31(54,55)33(58,59)35(62,63)37(66,67)39(70,71)43(81,82)83/h1-14H,84-85H2. The molecule has 0 aliphatic carbocycles. The van der Waals surface area contributed by atoms with Crippen LogP contribution in [0.2, 0.25) is 0 Å². The van der Waals surface area contributed by atoms with E-state index in [1.54, 1.807) is 0 Å². The number of anilines is 2.